The molecule has 9 nitrogen and oxygen atoms in total. The van der Waals surface area contributed by atoms with Crippen molar-refractivity contribution in [1.82, 2.24) is 9.55 Å². The van der Waals surface area contributed by atoms with Gasteiger partial charge in [-0.05, 0) is 68.9 Å². The van der Waals surface area contributed by atoms with Crippen LogP contribution in [0.15, 0.2) is 36.4 Å². The number of aryl methyl sites for hydroxylation is 1. The lowest BCUT2D eigenvalue weighted by Crippen LogP contribution is -2.42. The third kappa shape index (κ3) is 4.41. The molecule has 0 saturated heterocycles. The smallest absolute Gasteiger partial charge is 0.414 e. The standard InChI is InChI=1S/C28H33N3O6/c1-16-10-11-21-22(30(16)28(35)37-3)12-13-23-24(21)29-26(25(32)17-6-5-9-20(15-17)36-2)31(23)19-8-4-7-18(14-19)27(33)34/h5-6,9,12-13,15-16,18-19,25,32H,4,7-8,10-11,14H2,1-3H3,(H,33,34)/t16-,18?,19?,25?/m0/s1. The van der Waals surface area contributed by atoms with E-state index in [0.717, 1.165) is 48.0 Å². The van der Waals surface area contributed by atoms with Crippen LogP contribution in [0.3, 0.4) is 0 Å². The molecule has 2 aromatic carbocycles. The highest BCUT2D eigenvalue weighted by molar-refractivity contribution is 5.95. The summed E-state index contributed by atoms with van der Waals surface area (Å²) >= 11 is 0. The first-order chi connectivity index (χ1) is 17.8. The zero-order valence-corrected chi connectivity index (χ0v) is 21.4. The highest BCUT2D eigenvalue weighted by Gasteiger charge is 2.35. The number of carbonyl (C=O) groups is 2. The van der Waals surface area contributed by atoms with E-state index in [-0.39, 0.29) is 12.1 Å². The number of benzene rings is 2. The number of amides is 1. The molecule has 1 amide bonds. The lowest BCUT2D eigenvalue weighted by Gasteiger charge is -2.34. The molecule has 1 saturated carbocycles. The number of carbonyl (C=O) groups excluding carboxylic acids is 1. The van der Waals surface area contributed by atoms with Gasteiger partial charge in [0.2, 0.25) is 0 Å². The van der Waals surface area contributed by atoms with Crippen molar-refractivity contribution in [3.63, 3.8) is 0 Å². The average molecular weight is 508 g/mol. The van der Waals surface area contributed by atoms with Crippen molar-refractivity contribution in [3.8, 4) is 5.75 Å². The average Bonchev–Trinajstić information content (AvgIpc) is 3.32. The number of rotatable bonds is 5. The summed E-state index contributed by atoms with van der Waals surface area (Å²) < 4.78 is 12.5. The molecule has 2 aliphatic rings. The first kappa shape index (κ1) is 25.1. The second-order valence-electron chi connectivity index (χ2n) is 10.0. The summed E-state index contributed by atoms with van der Waals surface area (Å²) in [5.41, 5.74) is 3.90. The summed E-state index contributed by atoms with van der Waals surface area (Å²) in [5.74, 6) is -0.130. The van der Waals surface area contributed by atoms with Crippen LogP contribution >= 0.6 is 0 Å². The largest absolute Gasteiger partial charge is 0.497 e. The van der Waals surface area contributed by atoms with Crippen LogP contribution in [0.4, 0.5) is 10.5 Å². The Hall–Kier alpha value is -3.59. The number of aliphatic carboxylic acids is 1. The van der Waals surface area contributed by atoms with Gasteiger partial charge in [-0.1, -0.05) is 18.6 Å². The number of hydrogen-bond acceptors (Lipinski definition) is 6. The van der Waals surface area contributed by atoms with Gasteiger partial charge in [0.25, 0.3) is 0 Å². The minimum Gasteiger partial charge on any atom is -0.497 e. The molecule has 2 heterocycles. The molecule has 0 bridgehead atoms. The predicted molar refractivity (Wildman–Crippen MR) is 138 cm³/mol. The maximum absolute atomic E-state index is 12.6. The van der Waals surface area contributed by atoms with Crippen molar-refractivity contribution >= 4 is 28.8 Å². The van der Waals surface area contributed by atoms with Crippen molar-refractivity contribution < 1.29 is 29.3 Å². The minimum atomic E-state index is -1.04. The molecule has 0 spiro atoms. The van der Waals surface area contributed by atoms with E-state index in [0.29, 0.717) is 30.0 Å². The molecule has 5 rings (SSSR count). The maximum Gasteiger partial charge on any atom is 0.414 e. The quantitative estimate of drug-likeness (QED) is 0.507. The molecule has 1 aliphatic heterocycles. The van der Waals surface area contributed by atoms with E-state index in [1.807, 2.05) is 41.8 Å². The van der Waals surface area contributed by atoms with Crippen LogP contribution in [0.2, 0.25) is 0 Å². The zero-order chi connectivity index (χ0) is 26.3. The molecule has 196 valence electrons. The van der Waals surface area contributed by atoms with E-state index in [1.165, 1.54) is 7.11 Å². The lowest BCUT2D eigenvalue weighted by molar-refractivity contribution is -0.143. The second-order valence-corrected chi connectivity index (χ2v) is 10.0. The van der Waals surface area contributed by atoms with Crippen LogP contribution in [-0.2, 0) is 16.0 Å². The first-order valence-corrected chi connectivity index (χ1v) is 12.8. The van der Waals surface area contributed by atoms with Crippen molar-refractivity contribution in [2.75, 3.05) is 19.1 Å². The van der Waals surface area contributed by atoms with Gasteiger partial charge in [-0.3, -0.25) is 9.69 Å². The van der Waals surface area contributed by atoms with Gasteiger partial charge < -0.3 is 24.3 Å². The number of methoxy groups -OCH3 is 2. The number of ether oxygens (including phenoxy) is 2. The number of imidazole rings is 1. The monoisotopic (exact) mass is 507 g/mol. The molecule has 37 heavy (non-hydrogen) atoms. The number of fused-ring (bicyclic) bond motifs is 3. The summed E-state index contributed by atoms with van der Waals surface area (Å²) in [6.45, 7) is 1.99. The van der Waals surface area contributed by atoms with E-state index >= 15 is 0 Å². The molecule has 0 radical (unpaired) electrons. The summed E-state index contributed by atoms with van der Waals surface area (Å²) in [5, 5.41) is 21.3. The Labute approximate surface area is 215 Å². The number of carboxylic acid groups (broad SMARTS) is 1. The highest BCUT2D eigenvalue weighted by Crippen LogP contribution is 2.42. The van der Waals surface area contributed by atoms with Crippen LogP contribution < -0.4 is 9.64 Å². The summed E-state index contributed by atoms with van der Waals surface area (Å²) in [4.78, 5) is 31.1. The fourth-order valence-electron chi connectivity index (χ4n) is 5.95. The van der Waals surface area contributed by atoms with E-state index in [1.54, 1.807) is 18.1 Å². The summed E-state index contributed by atoms with van der Waals surface area (Å²) in [6.07, 6.45) is 2.74. The van der Waals surface area contributed by atoms with Gasteiger partial charge in [0, 0.05) is 17.6 Å². The third-order valence-electron chi connectivity index (χ3n) is 7.87. The maximum atomic E-state index is 12.6. The number of carboxylic acids is 1. The van der Waals surface area contributed by atoms with Gasteiger partial charge in [-0.15, -0.1) is 0 Å². The topological polar surface area (TPSA) is 114 Å². The Bertz CT molecular complexity index is 1330. The van der Waals surface area contributed by atoms with Crippen molar-refractivity contribution in [3.05, 3.63) is 53.3 Å². The Kier molecular flexibility index (Phi) is 6.81. The SMILES string of the molecule is COC(=O)N1c2ccc3c(nc(C(O)c4cccc(OC)c4)n3C3CCCC(C(=O)O)C3)c2CC[C@@H]1C. The molecule has 4 atom stereocenters. The molecule has 1 aliphatic carbocycles. The third-order valence-corrected chi connectivity index (χ3v) is 7.87. The lowest BCUT2D eigenvalue weighted by atomic mass is 9.85. The molecule has 3 unspecified atom stereocenters. The van der Waals surface area contributed by atoms with Gasteiger partial charge in [0.15, 0.2) is 0 Å². The van der Waals surface area contributed by atoms with E-state index in [9.17, 15) is 19.8 Å². The van der Waals surface area contributed by atoms with Crippen LogP contribution in [0.5, 0.6) is 5.75 Å². The summed E-state index contributed by atoms with van der Waals surface area (Å²) in [7, 11) is 2.95. The van der Waals surface area contributed by atoms with Crippen LogP contribution in [-0.4, -0.2) is 52.1 Å². The van der Waals surface area contributed by atoms with Crippen molar-refractivity contribution in [2.24, 2.45) is 5.92 Å². The minimum absolute atomic E-state index is 0.0176. The van der Waals surface area contributed by atoms with Gasteiger partial charge in [0.05, 0.1) is 36.9 Å². The number of aliphatic hydroxyl groups excluding tert-OH is 1. The van der Waals surface area contributed by atoms with Crippen LogP contribution in [0.25, 0.3) is 11.0 Å². The Balaban J connectivity index is 1.69. The molecule has 2 N–H and O–H groups in total. The highest BCUT2D eigenvalue weighted by atomic mass is 16.5. The Morgan fingerprint density at radius 1 is 1.14 bits per heavy atom. The second kappa shape index (κ2) is 10.0. The van der Waals surface area contributed by atoms with Crippen molar-refractivity contribution in [2.45, 2.75) is 63.6 Å². The molecule has 3 aromatic rings. The number of anilines is 1. The van der Waals surface area contributed by atoms with Gasteiger partial charge in [0.1, 0.15) is 17.7 Å². The van der Waals surface area contributed by atoms with Crippen molar-refractivity contribution in [1.29, 1.82) is 0 Å². The predicted octanol–water partition coefficient (Wildman–Crippen LogP) is 4.85. The molecule has 1 fully saturated rings. The van der Waals surface area contributed by atoms with Gasteiger partial charge in [-0.2, -0.15) is 0 Å². The van der Waals surface area contributed by atoms with Crippen LogP contribution in [0.1, 0.15) is 68.1 Å². The van der Waals surface area contributed by atoms with E-state index < -0.39 is 24.1 Å². The van der Waals surface area contributed by atoms with Gasteiger partial charge >= 0.3 is 12.1 Å². The molecular formula is C28H33N3O6. The van der Waals surface area contributed by atoms with Crippen LogP contribution in [0, 0.1) is 5.92 Å². The fourth-order valence-corrected chi connectivity index (χ4v) is 5.95. The van der Waals surface area contributed by atoms with E-state index in [4.69, 9.17) is 14.5 Å². The number of aliphatic hydroxyl groups is 1. The normalized spacial score (nSPS) is 22.4. The van der Waals surface area contributed by atoms with E-state index in [2.05, 4.69) is 0 Å². The summed E-state index contributed by atoms with van der Waals surface area (Å²) in [6, 6.07) is 11.0. The zero-order valence-electron chi connectivity index (χ0n) is 21.4. The molecule has 1 aromatic heterocycles. The molecular weight excluding hydrogens is 474 g/mol. The Morgan fingerprint density at radius 3 is 2.68 bits per heavy atom. The van der Waals surface area contributed by atoms with Gasteiger partial charge in [-0.25, -0.2) is 9.78 Å². The first-order valence-electron chi connectivity index (χ1n) is 12.8. The fraction of sp³-hybridized carbons (Fsp3) is 0.464. The Morgan fingerprint density at radius 2 is 1.95 bits per heavy atom. The molecule has 9 heteroatoms. The number of nitrogens with zero attached hydrogens (tertiary/aromatic N) is 3. The number of aromatic nitrogens is 2. The number of hydrogen-bond donors (Lipinski definition) is 2.